The Morgan fingerprint density at radius 2 is 2.09 bits per heavy atom. The van der Waals surface area contributed by atoms with E-state index in [1.165, 1.54) is 0 Å². The van der Waals surface area contributed by atoms with Crippen molar-refractivity contribution >= 4 is 26.2 Å². The van der Waals surface area contributed by atoms with Gasteiger partial charge in [0, 0.05) is 0 Å². The van der Waals surface area contributed by atoms with E-state index in [4.69, 9.17) is 3.07 Å². The van der Waals surface area contributed by atoms with Gasteiger partial charge in [0.2, 0.25) is 0 Å². The summed E-state index contributed by atoms with van der Waals surface area (Å²) in [5.41, 5.74) is 0.778. The number of fused-ring (bicyclic) bond motifs is 1. The second-order valence-electron chi connectivity index (χ2n) is 2.26. The molecule has 3 heteroatoms. The van der Waals surface area contributed by atoms with E-state index in [1.54, 1.807) is 0 Å². The van der Waals surface area contributed by atoms with Crippen molar-refractivity contribution in [1.29, 1.82) is 0 Å². The Morgan fingerprint density at radius 3 is 2.82 bits per heavy atom. The van der Waals surface area contributed by atoms with Crippen LogP contribution >= 0.6 is 20.2 Å². The van der Waals surface area contributed by atoms with Gasteiger partial charge in [-0.2, -0.15) is 0 Å². The number of halogens is 1. The van der Waals surface area contributed by atoms with Gasteiger partial charge >= 0.3 is 72.4 Å². The summed E-state index contributed by atoms with van der Waals surface area (Å²) < 4.78 is 6.30. The molecule has 0 fully saturated rings. The molecule has 0 aromatic heterocycles. The van der Waals surface area contributed by atoms with Crippen molar-refractivity contribution < 1.29 is 7.86 Å². The number of hydrogen-bond donors (Lipinski definition) is 0. The summed E-state index contributed by atoms with van der Waals surface area (Å²) in [7, 11) is 0. The average molecular weight is 262 g/mol. The summed E-state index contributed by atoms with van der Waals surface area (Å²) in [5, 5.41) is 0. The predicted octanol–water partition coefficient (Wildman–Crippen LogP) is 2.08. The molecule has 0 amide bonds. The number of benzene rings is 1. The second-order valence-corrected chi connectivity index (χ2v) is 6.27. The Morgan fingerprint density at radius 1 is 1.36 bits per heavy atom. The Bertz CT molecular complexity index is 309. The number of rotatable bonds is 0. The van der Waals surface area contributed by atoms with Crippen molar-refractivity contribution in [2.24, 2.45) is 0 Å². The second kappa shape index (κ2) is 2.48. The number of carbonyl (C=O) groups excluding carboxylic acids is 1. The maximum absolute atomic E-state index is 11.1. The summed E-state index contributed by atoms with van der Waals surface area (Å²) in [6.07, 6.45) is 0. The SMILES string of the molecule is CI1OC(=O)c2ccccc21. The van der Waals surface area contributed by atoms with Crippen LogP contribution in [0.3, 0.4) is 0 Å². The molecule has 11 heavy (non-hydrogen) atoms. The van der Waals surface area contributed by atoms with E-state index in [-0.39, 0.29) is 5.97 Å². The van der Waals surface area contributed by atoms with Crippen LogP contribution in [0.4, 0.5) is 0 Å². The first kappa shape index (κ1) is 7.09. The van der Waals surface area contributed by atoms with Gasteiger partial charge in [0.25, 0.3) is 0 Å². The molecule has 1 aliphatic heterocycles. The number of carbonyl (C=O) groups is 1. The Hall–Kier alpha value is -0.580. The minimum absolute atomic E-state index is 0.131. The molecule has 0 radical (unpaired) electrons. The average Bonchev–Trinajstić information content (AvgIpc) is 2.30. The molecule has 1 aliphatic rings. The molecule has 0 aliphatic carbocycles. The van der Waals surface area contributed by atoms with Gasteiger partial charge in [0.15, 0.2) is 0 Å². The Kier molecular flexibility index (Phi) is 1.60. The molecule has 58 valence electrons. The molecule has 2 rings (SSSR count). The molecular weight excluding hydrogens is 255 g/mol. The molecule has 0 unspecified atom stereocenters. The first-order chi connectivity index (χ1) is 5.29. The molecule has 0 N–H and O–H groups in total. The molecule has 0 saturated heterocycles. The first-order valence-electron chi connectivity index (χ1n) is 3.21. The van der Waals surface area contributed by atoms with Gasteiger partial charge in [-0.25, -0.2) is 0 Å². The van der Waals surface area contributed by atoms with Gasteiger partial charge in [0.1, 0.15) is 0 Å². The van der Waals surface area contributed by atoms with E-state index in [0.29, 0.717) is 0 Å². The zero-order valence-electron chi connectivity index (χ0n) is 6.00. The number of hydrogen-bond acceptors (Lipinski definition) is 2. The van der Waals surface area contributed by atoms with Crippen LogP contribution in [0.1, 0.15) is 10.4 Å². The van der Waals surface area contributed by atoms with Gasteiger partial charge in [0.05, 0.1) is 0 Å². The van der Waals surface area contributed by atoms with Crippen LogP contribution in [0.5, 0.6) is 0 Å². The zero-order valence-corrected chi connectivity index (χ0v) is 8.16. The normalized spacial score (nSPS) is 17.9. The molecule has 1 heterocycles. The van der Waals surface area contributed by atoms with Crippen LogP contribution in [0.2, 0.25) is 0 Å². The third kappa shape index (κ3) is 1.03. The van der Waals surface area contributed by atoms with Crippen LogP contribution in [0, 0.1) is 3.57 Å². The molecular formula is C8H7IO2. The van der Waals surface area contributed by atoms with Crippen LogP contribution in [0.15, 0.2) is 24.3 Å². The van der Waals surface area contributed by atoms with Gasteiger partial charge in [-0.3, -0.25) is 0 Å². The van der Waals surface area contributed by atoms with Gasteiger partial charge in [-0.15, -0.1) is 0 Å². The quantitative estimate of drug-likeness (QED) is 0.528. The molecule has 2 nitrogen and oxygen atoms in total. The first-order valence-corrected chi connectivity index (χ1v) is 7.32. The van der Waals surface area contributed by atoms with Crippen molar-refractivity contribution in [1.82, 2.24) is 0 Å². The summed E-state index contributed by atoms with van der Waals surface area (Å²) in [6, 6.07) is 7.65. The zero-order chi connectivity index (χ0) is 7.84. The van der Waals surface area contributed by atoms with Crippen LogP contribution in [-0.2, 0) is 3.07 Å². The summed E-state index contributed by atoms with van der Waals surface area (Å²) in [5.74, 6) is -0.131. The molecule has 0 atom stereocenters. The van der Waals surface area contributed by atoms with Gasteiger partial charge in [-0.05, 0) is 0 Å². The van der Waals surface area contributed by atoms with Crippen LogP contribution in [-0.4, -0.2) is 10.9 Å². The van der Waals surface area contributed by atoms with E-state index in [9.17, 15) is 4.79 Å². The van der Waals surface area contributed by atoms with E-state index in [2.05, 4.69) is 0 Å². The van der Waals surface area contributed by atoms with E-state index < -0.39 is 20.2 Å². The predicted molar refractivity (Wildman–Crippen MR) is 50.5 cm³/mol. The fourth-order valence-corrected chi connectivity index (χ4v) is 4.05. The monoisotopic (exact) mass is 262 g/mol. The third-order valence-electron chi connectivity index (χ3n) is 1.57. The van der Waals surface area contributed by atoms with Crippen LogP contribution < -0.4 is 0 Å². The van der Waals surface area contributed by atoms with Crippen molar-refractivity contribution in [2.75, 3.05) is 4.93 Å². The molecule has 0 spiro atoms. The van der Waals surface area contributed by atoms with Crippen molar-refractivity contribution in [3.05, 3.63) is 33.4 Å². The summed E-state index contributed by atoms with van der Waals surface area (Å²) in [4.78, 5) is 13.1. The molecule has 0 saturated carbocycles. The molecule has 1 aromatic rings. The fraction of sp³-hybridized carbons (Fsp3) is 0.125. The number of alkyl halides is 1. The maximum atomic E-state index is 11.1. The minimum atomic E-state index is -1.52. The van der Waals surface area contributed by atoms with Crippen molar-refractivity contribution in [3.8, 4) is 0 Å². The fourth-order valence-electron chi connectivity index (χ4n) is 1.05. The molecule has 1 aromatic carbocycles. The standard InChI is InChI=1S/C8H7IO2/c1-9-7-5-3-2-4-6(7)8(10)11-9/h2-5H,1H3. The van der Waals surface area contributed by atoms with Crippen LogP contribution in [0.25, 0.3) is 0 Å². The Labute approximate surface area is 72.5 Å². The van der Waals surface area contributed by atoms with E-state index >= 15 is 0 Å². The third-order valence-corrected chi connectivity index (χ3v) is 5.20. The Balaban J connectivity index is 2.60. The topological polar surface area (TPSA) is 26.3 Å². The summed E-state index contributed by atoms with van der Waals surface area (Å²) in [6.45, 7) is 0. The van der Waals surface area contributed by atoms with Crippen molar-refractivity contribution in [3.63, 3.8) is 0 Å². The van der Waals surface area contributed by atoms with Crippen molar-refractivity contribution in [2.45, 2.75) is 0 Å². The molecule has 0 bridgehead atoms. The van der Waals surface area contributed by atoms with E-state index in [1.807, 2.05) is 29.2 Å². The van der Waals surface area contributed by atoms with Gasteiger partial charge in [-0.1, -0.05) is 0 Å². The summed E-state index contributed by atoms with van der Waals surface area (Å²) >= 11 is -1.52. The van der Waals surface area contributed by atoms with Gasteiger partial charge < -0.3 is 0 Å². The van der Waals surface area contributed by atoms with E-state index in [0.717, 1.165) is 9.13 Å².